The van der Waals surface area contributed by atoms with Gasteiger partial charge < -0.3 is 30.1 Å². The van der Waals surface area contributed by atoms with Crippen molar-refractivity contribution in [1.29, 1.82) is 0 Å². The third-order valence-corrected chi connectivity index (χ3v) is 6.03. The molecule has 0 aromatic heterocycles. The average molecular weight is 420 g/mol. The number of hydrogen-bond donors (Lipinski definition) is 3. The van der Waals surface area contributed by atoms with Gasteiger partial charge in [-0.25, -0.2) is 4.79 Å². The smallest absolute Gasteiger partial charge is 0.317 e. The van der Waals surface area contributed by atoms with E-state index in [4.69, 9.17) is 9.47 Å². The Labute approximate surface area is 177 Å². The van der Waals surface area contributed by atoms with E-state index in [2.05, 4.69) is 10.6 Å². The van der Waals surface area contributed by atoms with Crippen molar-refractivity contribution in [3.63, 3.8) is 0 Å². The van der Waals surface area contributed by atoms with Gasteiger partial charge in [0.25, 0.3) is 0 Å². The summed E-state index contributed by atoms with van der Waals surface area (Å²) in [7, 11) is 3.08. The molecule has 3 rings (SSSR count). The highest BCUT2D eigenvalue weighted by Gasteiger charge is 2.30. The Bertz CT molecular complexity index is 735. The zero-order valence-electron chi connectivity index (χ0n) is 17.9. The molecule has 0 spiro atoms. The minimum absolute atomic E-state index is 0.0626. The second kappa shape index (κ2) is 10.5. The SMILES string of the molecule is COc1ccc(OC)c([C@@H](O)CNC(=O)[C@H]2CCCN(C(=O)NC3CCCC3)C2)c1. The van der Waals surface area contributed by atoms with Crippen molar-refractivity contribution in [3.8, 4) is 11.5 Å². The summed E-state index contributed by atoms with van der Waals surface area (Å²) in [5, 5.41) is 16.5. The minimum Gasteiger partial charge on any atom is -0.497 e. The maximum atomic E-state index is 12.7. The number of hydrogen-bond acceptors (Lipinski definition) is 5. The fraction of sp³-hybridized carbons (Fsp3) is 0.636. The van der Waals surface area contributed by atoms with Gasteiger partial charge in [-0.15, -0.1) is 0 Å². The Balaban J connectivity index is 1.52. The summed E-state index contributed by atoms with van der Waals surface area (Å²) in [5.74, 6) is 0.721. The molecule has 2 fully saturated rings. The Hall–Kier alpha value is -2.48. The van der Waals surface area contributed by atoms with Crippen LogP contribution in [0, 0.1) is 5.92 Å². The van der Waals surface area contributed by atoms with Crippen molar-refractivity contribution < 1.29 is 24.2 Å². The number of nitrogens with zero attached hydrogens (tertiary/aromatic N) is 1. The normalized spacial score (nSPS) is 20.5. The van der Waals surface area contributed by atoms with Gasteiger partial charge in [-0.2, -0.15) is 0 Å². The van der Waals surface area contributed by atoms with Crippen molar-refractivity contribution in [2.24, 2.45) is 5.92 Å². The molecule has 1 saturated carbocycles. The largest absolute Gasteiger partial charge is 0.497 e. The summed E-state index contributed by atoms with van der Waals surface area (Å²) in [6, 6.07) is 5.37. The van der Waals surface area contributed by atoms with Crippen molar-refractivity contribution in [2.45, 2.75) is 50.7 Å². The first-order valence-corrected chi connectivity index (χ1v) is 10.7. The summed E-state index contributed by atoms with van der Waals surface area (Å²) in [5.41, 5.74) is 0.554. The van der Waals surface area contributed by atoms with Crippen LogP contribution in [0.15, 0.2) is 18.2 Å². The fourth-order valence-corrected chi connectivity index (χ4v) is 4.26. The van der Waals surface area contributed by atoms with Crippen LogP contribution in [0.3, 0.4) is 0 Å². The Morgan fingerprint density at radius 3 is 2.63 bits per heavy atom. The maximum Gasteiger partial charge on any atom is 0.317 e. The number of aliphatic hydroxyl groups is 1. The summed E-state index contributed by atoms with van der Waals surface area (Å²) in [6.45, 7) is 1.14. The van der Waals surface area contributed by atoms with Crippen LogP contribution in [0.1, 0.15) is 50.2 Å². The highest BCUT2D eigenvalue weighted by molar-refractivity contribution is 5.81. The van der Waals surface area contributed by atoms with Crippen LogP contribution in [-0.2, 0) is 4.79 Å². The number of nitrogens with one attached hydrogen (secondary N) is 2. The van der Waals surface area contributed by atoms with Crippen LogP contribution in [0.5, 0.6) is 11.5 Å². The van der Waals surface area contributed by atoms with Crippen LogP contribution in [0.25, 0.3) is 0 Å². The van der Waals surface area contributed by atoms with Crippen LogP contribution in [-0.4, -0.2) is 61.8 Å². The molecule has 30 heavy (non-hydrogen) atoms. The number of benzene rings is 1. The number of aliphatic hydroxyl groups excluding tert-OH is 1. The molecule has 0 radical (unpaired) electrons. The number of piperidine rings is 1. The molecule has 8 heteroatoms. The van der Waals surface area contributed by atoms with Gasteiger partial charge in [0.1, 0.15) is 11.5 Å². The molecule has 0 bridgehead atoms. The van der Waals surface area contributed by atoms with Gasteiger partial charge in [-0.1, -0.05) is 12.8 Å². The van der Waals surface area contributed by atoms with E-state index in [9.17, 15) is 14.7 Å². The summed E-state index contributed by atoms with van der Waals surface area (Å²) in [4.78, 5) is 27.0. The number of amides is 3. The van der Waals surface area contributed by atoms with Gasteiger partial charge in [0.2, 0.25) is 5.91 Å². The number of ether oxygens (including phenoxy) is 2. The lowest BCUT2D eigenvalue weighted by Gasteiger charge is -2.33. The second-order valence-corrected chi connectivity index (χ2v) is 8.08. The number of carbonyl (C=O) groups excluding carboxylic acids is 2. The van der Waals surface area contributed by atoms with Crippen molar-refractivity contribution >= 4 is 11.9 Å². The quantitative estimate of drug-likeness (QED) is 0.629. The molecule has 3 amide bonds. The van der Waals surface area contributed by atoms with Gasteiger partial charge in [-0.05, 0) is 43.9 Å². The molecule has 1 aromatic rings. The summed E-state index contributed by atoms with van der Waals surface area (Å²) in [6.07, 6.45) is 5.00. The summed E-state index contributed by atoms with van der Waals surface area (Å²) >= 11 is 0. The minimum atomic E-state index is -0.927. The fourth-order valence-electron chi connectivity index (χ4n) is 4.26. The number of methoxy groups -OCH3 is 2. The number of urea groups is 1. The van der Waals surface area contributed by atoms with Gasteiger partial charge in [0.05, 0.1) is 26.2 Å². The number of rotatable bonds is 7. The standard InChI is InChI=1S/C22H33N3O5/c1-29-17-9-10-20(30-2)18(12-17)19(26)13-23-21(27)15-6-5-11-25(14-15)22(28)24-16-7-3-4-8-16/h9-10,12,15-16,19,26H,3-8,11,13-14H2,1-2H3,(H,23,27)(H,24,28)/t15-,19-/m0/s1. The third kappa shape index (κ3) is 5.56. The van der Waals surface area contributed by atoms with E-state index in [1.807, 2.05) is 0 Å². The molecule has 1 aliphatic heterocycles. The monoisotopic (exact) mass is 419 g/mol. The third-order valence-electron chi connectivity index (χ3n) is 6.03. The Morgan fingerprint density at radius 1 is 1.17 bits per heavy atom. The Morgan fingerprint density at radius 2 is 1.93 bits per heavy atom. The lowest BCUT2D eigenvalue weighted by atomic mass is 9.97. The molecule has 3 N–H and O–H groups in total. The van der Waals surface area contributed by atoms with Crippen LogP contribution in [0.4, 0.5) is 4.79 Å². The van der Waals surface area contributed by atoms with Gasteiger partial charge in [0, 0.05) is 31.2 Å². The molecule has 1 aliphatic carbocycles. The van der Waals surface area contributed by atoms with Crippen LogP contribution < -0.4 is 20.1 Å². The van der Waals surface area contributed by atoms with Crippen molar-refractivity contribution in [2.75, 3.05) is 33.9 Å². The van der Waals surface area contributed by atoms with E-state index < -0.39 is 6.10 Å². The van der Waals surface area contributed by atoms with Crippen molar-refractivity contribution in [1.82, 2.24) is 15.5 Å². The van der Waals surface area contributed by atoms with E-state index in [1.54, 1.807) is 30.2 Å². The number of likely N-dealkylation sites (tertiary alicyclic amines) is 1. The first kappa shape index (κ1) is 22.2. The molecular formula is C22H33N3O5. The zero-order valence-corrected chi connectivity index (χ0v) is 17.9. The van der Waals surface area contributed by atoms with Crippen molar-refractivity contribution in [3.05, 3.63) is 23.8 Å². The molecular weight excluding hydrogens is 386 g/mol. The molecule has 1 aromatic carbocycles. The number of carbonyl (C=O) groups is 2. The van der Waals surface area contributed by atoms with E-state index in [0.717, 1.165) is 38.5 Å². The van der Waals surface area contributed by atoms with Gasteiger partial charge in [-0.3, -0.25) is 4.79 Å². The predicted octanol–water partition coefficient (Wildman–Crippen LogP) is 2.22. The highest BCUT2D eigenvalue weighted by Crippen LogP contribution is 2.29. The first-order valence-electron chi connectivity index (χ1n) is 10.7. The van der Waals surface area contributed by atoms with E-state index in [-0.39, 0.29) is 30.4 Å². The second-order valence-electron chi connectivity index (χ2n) is 8.08. The van der Waals surface area contributed by atoms with Crippen LogP contribution >= 0.6 is 0 Å². The molecule has 0 unspecified atom stereocenters. The van der Waals surface area contributed by atoms with Gasteiger partial charge >= 0.3 is 6.03 Å². The topological polar surface area (TPSA) is 100 Å². The van der Waals surface area contributed by atoms with Crippen LogP contribution in [0.2, 0.25) is 0 Å². The first-order chi connectivity index (χ1) is 14.5. The lowest BCUT2D eigenvalue weighted by Crippen LogP contribution is -2.50. The predicted molar refractivity (Wildman–Crippen MR) is 113 cm³/mol. The molecule has 2 aliphatic rings. The average Bonchev–Trinajstić information content (AvgIpc) is 3.29. The molecule has 1 saturated heterocycles. The summed E-state index contributed by atoms with van der Waals surface area (Å²) < 4.78 is 10.5. The van der Waals surface area contributed by atoms with Gasteiger partial charge in [0.15, 0.2) is 0 Å². The van der Waals surface area contributed by atoms with E-state index in [1.165, 1.54) is 7.11 Å². The zero-order chi connectivity index (χ0) is 21.5. The molecule has 1 heterocycles. The lowest BCUT2D eigenvalue weighted by molar-refractivity contribution is -0.126. The molecule has 166 valence electrons. The molecule has 8 nitrogen and oxygen atoms in total. The highest BCUT2D eigenvalue weighted by atomic mass is 16.5. The maximum absolute atomic E-state index is 12.7. The Kier molecular flexibility index (Phi) is 7.79. The molecule has 2 atom stereocenters. The van der Waals surface area contributed by atoms with E-state index in [0.29, 0.717) is 30.2 Å². The van der Waals surface area contributed by atoms with E-state index >= 15 is 0 Å².